The first-order chi connectivity index (χ1) is 11.6. The number of hydrogen-bond acceptors (Lipinski definition) is 2. The van der Waals surface area contributed by atoms with Crippen LogP contribution in [0.3, 0.4) is 0 Å². The van der Waals surface area contributed by atoms with Gasteiger partial charge in [-0.15, -0.1) is 0 Å². The average Bonchev–Trinajstić information content (AvgIpc) is 3.20. The summed E-state index contributed by atoms with van der Waals surface area (Å²) in [5, 5.41) is 4.29. The minimum atomic E-state index is 0.0415. The third-order valence-corrected chi connectivity index (χ3v) is 4.87. The third kappa shape index (κ3) is 2.55. The van der Waals surface area contributed by atoms with Crippen LogP contribution < -0.4 is 4.90 Å². The van der Waals surface area contributed by atoms with Gasteiger partial charge in [0.1, 0.15) is 0 Å². The zero-order valence-electron chi connectivity index (χ0n) is 13.2. The fourth-order valence-electron chi connectivity index (χ4n) is 3.12. The van der Waals surface area contributed by atoms with Crippen molar-refractivity contribution in [1.29, 1.82) is 0 Å². The lowest BCUT2D eigenvalue weighted by atomic mass is 10.1. The van der Waals surface area contributed by atoms with Gasteiger partial charge in [0.25, 0.3) is 5.91 Å². The van der Waals surface area contributed by atoms with Crippen LogP contribution in [0.1, 0.15) is 21.6 Å². The van der Waals surface area contributed by atoms with Gasteiger partial charge in [-0.05, 0) is 67.4 Å². The molecular formula is C19H16BrN3O. The first-order valence-corrected chi connectivity index (χ1v) is 8.64. The number of aryl methyl sites for hydroxylation is 1. The second-order valence-electron chi connectivity index (χ2n) is 5.91. The Balaban J connectivity index is 1.61. The van der Waals surface area contributed by atoms with E-state index >= 15 is 0 Å². The number of carbonyl (C=O) groups is 1. The molecule has 1 aliphatic rings. The highest BCUT2D eigenvalue weighted by atomic mass is 79.9. The van der Waals surface area contributed by atoms with Crippen molar-refractivity contribution in [3.8, 4) is 5.69 Å². The zero-order valence-corrected chi connectivity index (χ0v) is 14.8. The molecule has 0 saturated heterocycles. The number of anilines is 1. The predicted octanol–water partition coefficient (Wildman–Crippen LogP) is 4.15. The molecule has 2 aromatic carbocycles. The summed E-state index contributed by atoms with van der Waals surface area (Å²) in [6.45, 7) is 2.73. The smallest absolute Gasteiger partial charge is 0.258 e. The second-order valence-corrected chi connectivity index (χ2v) is 6.83. The Bertz CT molecular complexity index is 915. The first-order valence-electron chi connectivity index (χ1n) is 7.85. The highest BCUT2D eigenvalue weighted by molar-refractivity contribution is 9.10. The monoisotopic (exact) mass is 381 g/mol. The Morgan fingerprint density at radius 1 is 1.12 bits per heavy atom. The fourth-order valence-corrected chi connectivity index (χ4v) is 3.53. The van der Waals surface area contributed by atoms with Crippen molar-refractivity contribution in [2.75, 3.05) is 11.4 Å². The number of halogens is 1. The van der Waals surface area contributed by atoms with E-state index in [9.17, 15) is 4.79 Å². The van der Waals surface area contributed by atoms with Crippen LogP contribution >= 0.6 is 15.9 Å². The molecule has 2 heterocycles. The summed E-state index contributed by atoms with van der Waals surface area (Å²) in [4.78, 5) is 14.7. The summed E-state index contributed by atoms with van der Waals surface area (Å²) in [7, 11) is 0. The molecule has 3 aromatic rings. The molecule has 0 fully saturated rings. The number of fused-ring (bicyclic) bond motifs is 1. The maximum Gasteiger partial charge on any atom is 0.258 e. The van der Waals surface area contributed by atoms with E-state index < -0.39 is 0 Å². The van der Waals surface area contributed by atoms with Gasteiger partial charge in [0, 0.05) is 34.2 Å². The Morgan fingerprint density at radius 2 is 1.92 bits per heavy atom. The van der Waals surface area contributed by atoms with Crippen LogP contribution in [0.4, 0.5) is 5.69 Å². The van der Waals surface area contributed by atoms with Gasteiger partial charge in [-0.1, -0.05) is 15.9 Å². The molecule has 0 aliphatic carbocycles. The summed E-state index contributed by atoms with van der Waals surface area (Å²) < 4.78 is 2.91. The Kier molecular flexibility index (Phi) is 3.73. The molecule has 0 unspecified atom stereocenters. The molecule has 1 amide bonds. The van der Waals surface area contributed by atoms with Gasteiger partial charge in [-0.2, -0.15) is 5.10 Å². The van der Waals surface area contributed by atoms with Crippen LogP contribution in [0, 0.1) is 6.92 Å². The van der Waals surface area contributed by atoms with E-state index in [1.165, 1.54) is 5.56 Å². The van der Waals surface area contributed by atoms with Crippen molar-refractivity contribution in [3.63, 3.8) is 0 Å². The van der Waals surface area contributed by atoms with Crippen LogP contribution in [0.15, 0.2) is 59.2 Å². The van der Waals surface area contributed by atoms with Crippen molar-refractivity contribution in [2.45, 2.75) is 13.3 Å². The van der Waals surface area contributed by atoms with Gasteiger partial charge in [0.2, 0.25) is 0 Å². The van der Waals surface area contributed by atoms with Crippen molar-refractivity contribution in [3.05, 3.63) is 76.0 Å². The SMILES string of the molecule is Cc1ccnn1-c1ccc(C(=O)N2CCc3cc(Br)ccc32)cc1. The Morgan fingerprint density at radius 3 is 2.62 bits per heavy atom. The lowest BCUT2D eigenvalue weighted by Crippen LogP contribution is -2.28. The van der Waals surface area contributed by atoms with E-state index in [1.54, 1.807) is 6.20 Å². The van der Waals surface area contributed by atoms with Crippen molar-refractivity contribution in [1.82, 2.24) is 9.78 Å². The molecule has 120 valence electrons. The van der Waals surface area contributed by atoms with Crippen LogP contribution in [-0.4, -0.2) is 22.2 Å². The van der Waals surface area contributed by atoms with E-state index in [2.05, 4.69) is 27.1 Å². The maximum atomic E-state index is 12.9. The molecule has 1 aromatic heterocycles. The van der Waals surface area contributed by atoms with Crippen LogP contribution in [-0.2, 0) is 6.42 Å². The third-order valence-electron chi connectivity index (χ3n) is 4.37. The number of hydrogen-bond donors (Lipinski definition) is 0. The fraction of sp³-hybridized carbons (Fsp3) is 0.158. The van der Waals surface area contributed by atoms with Crippen molar-refractivity contribution in [2.24, 2.45) is 0 Å². The quantitative estimate of drug-likeness (QED) is 0.668. The number of carbonyl (C=O) groups excluding carboxylic acids is 1. The van der Waals surface area contributed by atoms with Gasteiger partial charge in [-0.25, -0.2) is 4.68 Å². The van der Waals surface area contributed by atoms with Gasteiger partial charge < -0.3 is 4.90 Å². The number of rotatable bonds is 2. The van der Waals surface area contributed by atoms with E-state index in [4.69, 9.17) is 0 Å². The molecule has 4 rings (SSSR count). The molecule has 24 heavy (non-hydrogen) atoms. The minimum absolute atomic E-state index is 0.0415. The normalized spacial score (nSPS) is 13.2. The highest BCUT2D eigenvalue weighted by Crippen LogP contribution is 2.31. The van der Waals surface area contributed by atoms with E-state index in [0.29, 0.717) is 5.56 Å². The van der Waals surface area contributed by atoms with E-state index in [0.717, 1.165) is 34.5 Å². The van der Waals surface area contributed by atoms with Crippen molar-refractivity contribution >= 4 is 27.5 Å². The molecule has 0 bridgehead atoms. The van der Waals surface area contributed by atoms with Crippen LogP contribution in [0.2, 0.25) is 0 Å². The molecule has 0 radical (unpaired) electrons. The molecule has 0 N–H and O–H groups in total. The average molecular weight is 382 g/mol. The van der Waals surface area contributed by atoms with Gasteiger partial charge in [0.05, 0.1) is 5.69 Å². The van der Waals surface area contributed by atoms with Crippen LogP contribution in [0.25, 0.3) is 5.69 Å². The molecule has 0 spiro atoms. The van der Waals surface area contributed by atoms with E-state index in [-0.39, 0.29) is 5.91 Å². The van der Waals surface area contributed by atoms with E-state index in [1.807, 2.05) is 59.0 Å². The summed E-state index contributed by atoms with van der Waals surface area (Å²) in [6, 6.07) is 15.6. The van der Waals surface area contributed by atoms with Gasteiger partial charge in [-0.3, -0.25) is 4.79 Å². The molecule has 0 saturated carbocycles. The summed E-state index contributed by atoms with van der Waals surface area (Å²) in [5.41, 5.74) is 4.93. The van der Waals surface area contributed by atoms with Gasteiger partial charge >= 0.3 is 0 Å². The summed E-state index contributed by atoms with van der Waals surface area (Å²) >= 11 is 3.49. The topological polar surface area (TPSA) is 38.1 Å². The first kappa shape index (κ1) is 15.1. The minimum Gasteiger partial charge on any atom is -0.308 e. The largest absolute Gasteiger partial charge is 0.308 e. The Labute approximate surface area is 148 Å². The molecule has 0 atom stereocenters. The second kappa shape index (κ2) is 5.91. The number of aromatic nitrogens is 2. The standard InChI is InChI=1S/C19H16BrN3O/c1-13-8-10-21-23(13)17-5-2-14(3-6-17)19(24)22-11-9-15-12-16(20)4-7-18(15)22/h2-8,10,12H,9,11H2,1H3. The molecule has 5 heteroatoms. The molecular weight excluding hydrogens is 366 g/mol. The maximum absolute atomic E-state index is 12.9. The molecule has 1 aliphatic heterocycles. The van der Waals surface area contributed by atoms with Gasteiger partial charge in [0.15, 0.2) is 0 Å². The zero-order chi connectivity index (χ0) is 16.7. The summed E-state index contributed by atoms with van der Waals surface area (Å²) in [5.74, 6) is 0.0415. The number of benzene rings is 2. The molecule has 4 nitrogen and oxygen atoms in total. The number of nitrogens with zero attached hydrogens (tertiary/aromatic N) is 3. The lowest BCUT2D eigenvalue weighted by Gasteiger charge is -2.17. The lowest BCUT2D eigenvalue weighted by molar-refractivity contribution is 0.0989. The Hall–Kier alpha value is -2.40. The predicted molar refractivity (Wildman–Crippen MR) is 97.8 cm³/mol. The van der Waals surface area contributed by atoms with Crippen molar-refractivity contribution < 1.29 is 4.79 Å². The van der Waals surface area contributed by atoms with Crippen LogP contribution in [0.5, 0.6) is 0 Å². The highest BCUT2D eigenvalue weighted by Gasteiger charge is 2.25. The summed E-state index contributed by atoms with van der Waals surface area (Å²) in [6.07, 6.45) is 2.67. The number of amides is 1.